The molecular formula is C15H19N5. The van der Waals surface area contributed by atoms with E-state index < -0.39 is 0 Å². The molecule has 0 unspecified atom stereocenters. The highest BCUT2D eigenvalue weighted by Gasteiger charge is 2.11. The van der Waals surface area contributed by atoms with Crippen LogP contribution in [0.1, 0.15) is 30.4 Å². The summed E-state index contributed by atoms with van der Waals surface area (Å²) in [4.78, 5) is 8.19. The fourth-order valence-electron chi connectivity index (χ4n) is 1.98. The fourth-order valence-corrected chi connectivity index (χ4v) is 1.98. The van der Waals surface area contributed by atoms with Crippen LogP contribution in [-0.2, 0) is 13.5 Å². The Balaban J connectivity index is 0.000000151. The number of rotatable bonds is 1. The Kier molecular flexibility index (Phi) is 4.30. The van der Waals surface area contributed by atoms with Crippen LogP contribution in [0.5, 0.6) is 0 Å². The summed E-state index contributed by atoms with van der Waals surface area (Å²) < 4.78 is 1.92. The van der Waals surface area contributed by atoms with Gasteiger partial charge in [0.25, 0.3) is 0 Å². The lowest BCUT2D eigenvalue weighted by molar-refractivity contribution is 0.893. The summed E-state index contributed by atoms with van der Waals surface area (Å²) in [5.74, 6) is 0.613. The molecule has 0 atom stereocenters. The first-order valence-corrected chi connectivity index (χ1v) is 6.53. The summed E-state index contributed by atoms with van der Waals surface area (Å²) in [6.07, 6.45) is 8.04. The van der Waals surface area contributed by atoms with Gasteiger partial charge in [-0.25, -0.2) is 4.98 Å². The maximum atomic E-state index is 7.17. The van der Waals surface area contributed by atoms with E-state index in [-0.39, 0.29) is 0 Å². The van der Waals surface area contributed by atoms with Gasteiger partial charge in [0.1, 0.15) is 0 Å². The number of pyridine rings is 1. The van der Waals surface area contributed by atoms with Crippen molar-refractivity contribution in [2.24, 2.45) is 7.05 Å². The molecule has 0 amide bonds. The van der Waals surface area contributed by atoms with Crippen LogP contribution in [0.4, 0.5) is 5.95 Å². The second kappa shape index (κ2) is 6.14. The topological polar surface area (TPSA) is 80.6 Å². The van der Waals surface area contributed by atoms with Crippen molar-refractivity contribution >= 4 is 17.7 Å². The molecule has 0 saturated carbocycles. The number of nitrogens with two attached hydrogens (primary N) is 1. The van der Waals surface area contributed by atoms with E-state index in [1.165, 1.54) is 0 Å². The molecule has 2 aromatic heterocycles. The summed E-state index contributed by atoms with van der Waals surface area (Å²) in [7, 11) is 1.94. The van der Waals surface area contributed by atoms with E-state index in [0.29, 0.717) is 11.7 Å². The van der Waals surface area contributed by atoms with Gasteiger partial charge < -0.3 is 15.7 Å². The standard InChI is InChI=1S/C8H11N3.C7H8N2/c1-11-7-5-3-2-4-6(7)10-8(11)9;1-6(8)7-4-2-3-5-9-7/h3,5H,2,4H2,1H3,(H2,9,10);2-5,8H,1H3. The lowest BCUT2D eigenvalue weighted by Gasteiger charge is -2.03. The molecule has 2 aromatic rings. The van der Waals surface area contributed by atoms with Crippen molar-refractivity contribution in [1.29, 1.82) is 5.41 Å². The maximum absolute atomic E-state index is 7.17. The van der Waals surface area contributed by atoms with Gasteiger partial charge in [-0.05, 0) is 38.0 Å². The largest absolute Gasteiger partial charge is 0.369 e. The first kappa shape index (κ1) is 14.0. The van der Waals surface area contributed by atoms with E-state index in [9.17, 15) is 0 Å². The molecule has 5 nitrogen and oxygen atoms in total. The summed E-state index contributed by atoms with van der Waals surface area (Å²) in [6, 6.07) is 5.54. The van der Waals surface area contributed by atoms with E-state index in [1.54, 1.807) is 13.1 Å². The lowest BCUT2D eigenvalue weighted by atomic mass is 10.1. The van der Waals surface area contributed by atoms with Gasteiger partial charge in [0.05, 0.1) is 22.8 Å². The van der Waals surface area contributed by atoms with Gasteiger partial charge in [-0.3, -0.25) is 4.98 Å². The maximum Gasteiger partial charge on any atom is 0.200 e. The summed E-state index contributed by atoms with van der Waals surface area (Å²) in [5.41, 5.74) is 9.19. The first-order valence-electron chi connectivity index (χ1n) is 6.53. The number of nitrogens with one attached hydrogen (secondary N) is 1. The Morgan fingerprint density at radius 1 is 1.40 bits per heavy atom. The van der Waals surface area contributed by atoms with Gasteiger partial charge in [0.2, 0.25) is 5.95 Å². The van der Waals surface area contributed by atoms with Crippen LogP contribution >= 0.6 is 0 Å². The van der Waals surface area contributed by atoms with Crippen LogP contribution in [0.3, 0.4) is 0 Å². The van der Waals surface area contributed by atoms with Crippen LogP contribution in [0, 0.1) is 5.41 Å². The molecule has 0 radical (unpaired) electrons. The van der Waals surface area contributed by atoms with Crippen LogP contribution in [0.2, 0.25) is 0 Å². The minimum atomic E-state index is 0.510. The number of anilines is 1. The summed E-state index contributed by atoms with van der Waals surface area (Å²) >= 11 is 0. The molecular weight excluding hydrogens is 250 g/mol. The zero-order valence-electron chi connectivity index (χ0n) is 11.8. The first-order chi connectivity index (χ1) is 9.59. The average Bonchev–Trinajstić information content (AvgIpc) is 2.76. The molecule has 1 aliphatic carbocycles. The number of hydrogen-bond acceptors (Lipinski definition) is 4. The average molecular weight is 269 g/mol. The highest BCUT2D eigenvalue weighted by atomic mass is 15.1. The number of hydrogen-bond donors (Lipinski definition) is 2. The smallest absolute Gasteiger partial charge is 0.200 e. The quantitative estimate of drug-likeness (QED) is 0.780. The molecule has 104 valence electrons. The third kappa shape index (κ3) is 3.12. The number of aromatic nitrogens is 3. The summed E-state index contributed by atoms with van der Waals surface area (Å²) in [5, 5.41) is 7.17. The normalized spacial score (nSPS) is 12.3. The van der Waals surface area contributed by atoms with Crippen molar-refractivity contribution in [3.05, 3.63) is 47.6 Å². The number of aryl methyl sites for hydroxylation is 1. The Morgan fingerprint density at radius 3 is 2.75 bits per heavy atom. The van der Waals surface area contributed by atoms with Gasteiger partial charge >= 0.3 is 0 Å². The van der Waals surface area contributed by atoms with Gasteiger partial charge in [0.15, 0.2) is 0 Å². The molecule has 0 bridgehead atoms. The van der Waals surface area contributed by atoms with Gasteiger partial charge in [0, 0.05) is 13.2 Å². The van der Waals surface area contributed by atoms with E-state index in [2.05, 4.69) is 22.1 Å². The van der Waals surface area contributed by atoms with E-state index in [1.807, 2.05) is 29.8 Å². The second-order valence-electron chi connectivity index (χ2n) is 4.64. The van der Waals surface area contributed by atoms with E-state index in [0.717, 1.165) is 29.9 Å². The molecule has 3 rings (SSSR count). The number of imidazole rings is 1. The molecule has 0 spiro atoms. The minimum Gasteiger partial charge on any atom is -0.369 e. The van der Waals surface area contributed by atoms with Crippen molar-refractivity contribution in [1.82, 2.24) is 14.5 Å². The number of nitrogens with zero attached hydrogens (tertiary/aromatic N) is 3. The van der Waals surface area contributed by atoms with Crippen LogP contribution in [-0.4, -0.2) is 20.2 Å². The molecule has 0 fully saturated rings. The SMILES string of the molecule is CC(=N)c1ccccn1.Cn1c(N)nc2c1C=CCC2. The Hall–Kier alpha value is -2.43. The van der Waals surface area contributed by atoms with Crippen molar-refractivity contribution in [3.63, 3.8) is 0 Å². The Labute approximate surface area is 118 Å². The van der Waals surface area contributed by atoms with E-state index in [4.69, 9.17) is 11.1 Å². The van der Waals surface area contributed by atoms with Crippen molar-refractivity contribution in [2.45, 2.75) is 19.8 Å². The van der Waals surface area contributed by atoms with Gasteiger partial charge in [-0.1, -0.05) is 12.1 Å². The van der Waals surface area contributed by atoms with Crippen molar-refractivity contribution in [2.75, 3.05) is 5.73 Å². The number of nitrogen functional groups attached to an aromatic ring is 1. The third-order valence-corrected chi connectivity index (χ3v) is 3.12. The highest BCUT2D eigenvalue weighted by molar-refractivity contribution is 5.94. The second-order valence-corrected chi connectivity index (χ2v) is 4.64. The monoisotopic (exact) mass is 269 g/mol. The third-order valence-electron chi connectivity index (χ3n) is 3.12. The number of allylic oxidation sites excluding steroid dienone is 1. The Morgan fingerprint density at radius 2 is 2.20 bits per heavy atom. The molecule has 20 heavy (non-hydrogen) atoms. The molecule has 1 aliphatic rings. The minimum absolute atomic E-state index is 0.510. The van der Waals surface area contributed by atoms with Gasteiger partial charge in [-0.15, -0.1) is 0 Å². The fraction of sp³-hybridized carbons (Fsp3) is 0.267. The summed E-state index contributed by atoms with van der Waals surface area (Å²) in [6.45, 7) is 1.72. The van der Waals surface area contributed by atoms with Crippen LogP contribution < -0.4 is 5.73 Å². The highest BCUT2D eigenvalue weighted by Crippen LogP contribution is 2.19. The molecule has 0 aromatic carbocycles. The van der Waals surface area contributed by atoms with Gasteiger partial charge in [-0.2, -0.15) is 0 Å². The molecule has 0 saturated heterocycles. The predicted octanol–water partition coefficient (Wildman–Crippen LogP) is 2.43. The molecule has 5 heteroatoms. The van der Waals surface area contributed by atoms with Crippen LogP contribution in [0.25, 0.3) is 6.08 Å². The molecule has 0 aliphatic heterocycles. The molecule has 2 heterocycles. The zero-order chi connectivity index (χ0) is 14.5. The van der Waals surface area contributed by atoms with Crippen molar-refractivity contribution in [3.8, 4) is 0 Å². The van der Waals surface area contributed by atoms with E-state index >= 15 is 0 Å². The molecule has 3 N–H and O–H groups in total. The lowest BCUT2D eigenvalue weighted by Crippen LogP contribution is -1.99. The zero-order valence-corrected chi connectivity index (χ0v) is 11.8. The predicted molar refractivity (Wildman–Crippen MR) is 81.7 cm³/mol. The number of fused-ring (bicyclic) bond motifs is 1. The van der Waals surface area contributed by atoms with Crippen LogP contribution in [0.15, 0.2) is 30.5 Å². The van der Waals surface area contributed by atoms with Crippen molar-refractivity contribution < 1.29 is 0 Å². The Bertz CT molecular complexity index is 625.